The molecule has 0 heterocycles. The summed E-state index contributed by atoms with van der Waals surface area (Å²) in [6.45, 7) is 2.42. The van der Waals surface area contributed by atoms with Gasteiger partial charge < -0.3 is 15.3 Å². The summed E-state index contributed by atoms with van der Waals surface area (Å²) < 4.78 is 0. The minimum Gasteiger partial charge on any atom is -0.478 e. The van der Waals surface area contributed by atoms with Gasteiger partial charge in [-0.25, -0.2) is 9.59 Å². The van der Waals surface area contributed by atoms with E-state index < -0.39 is 12.0 Å². The molecule has 0 aliphatic rings. The Bertz CT molecular complexity index is 491. The van der Waals surface area contributed by atoms with E-state index >= 15 is 0 Å². The highest BCUT2D eigenvalue weighted by molar-refractivity contribution is 6.00. The molecule has 0 aliphatic heterocycles. The Balaban J connectivity index is 2.88. The third kappa shape index (κ3) is 3.25. The molecule has 94 valence electrons. The molecule has 0 fully saturated rings. The molecule has 0 saturated carbocycles. The van der Waals surface area contributed by atoms with Crippen molar-refractivity contribution in [3.05, 3.63) is 29.8 Å². The topological polar surface area (TPSA) is 69.6 Å². The van der Waals surface area contributed by atoms with Crippen LogP contribution >= 0.6 is 0 Å². The summed E-state index contributed by atoms with van der Waals surface area (Å²) in [6.07, 6.45) is 5.15. The summed E-state index contributed by atoms with van der Waals surface area (Å²) in [6, 6.07) is 5.79. The summed E-state index contributed by atoms with van der Waals surface area (Å²) in [5, 5.41) is 11.5. The fourth-order valence-corrected chi connectivity index (χ4v) is 1.41. The molecule has 18 heavy (non-hydrogen) atoms. The first kappa shape index (κ1) is 13.6. The monoisotopic (exact) mass is 246 g/mol. The second-order valence-electron chi connectivity index (χ2n) is 3.50. The van der Waals surface area contributed by atoms with E-state index in [0.717, 1.165) is 0 Å². The van der Waals surface area contributed by atoms with Gasteiger partial charge in [-0.1, -0.05) is 18.1 Å². The van der Waals surface area contributed by atoms with Crippen molar-refractivity contribution in [1.29, 1.82) is 0 Å². The Morgan fingerprint density at radius 2 is 2.11 bits per heavy atom. The zero-order valence-corrected chi connectivity index (χ0v) is 10.0. The first-order chi connectivity index (χ1) is 8.60. The van der Waals surface area contributed by atoms with E-state index in [4.69, 9.17) is 11.5 Å². The van der Waals surface area contributed by atoms with Crippen LogP contribution in [0, 0.1) is 12.3 Å². The SMILES string of the molecule is C#CCN(CC)C(=O)Nc1ccccc1C(=O)O. The van der Waals surface area contributed by atoms with Crippen molar-refractivity contribution >= 4 is 17.7 Å². The average Bonchev–Trinajstić information content (AvgIpc) is 2.36. The molecular weight excluding hydrogens is 232 g/mol. The Hall–Kier alpha value is -2.48. The van der Waals surface area contributed by atoms with Gasteiger partial charge >= 0.3 is 12.0 Å². The number of terminal acetylenes is 1. The number of benzene rings is 1. The number of carbonyl (C=O) groups excluding carboxylic acids is 1. The summed E-state index contributed by atoms with van der Waals surface area (Å²) in [7, 11) is 0. The minimum absolute atomic E-state index is 0.0441. The number of carboxylic acids is 1. The number of anilines is 1. The van der Waals surface area contributed by atoms with Crippen LogP contribution in [0.15, 0.2) is 24.3 Å². The number of nitrogens with one attached hydrogen (secondary N) is 1. The van der Waals surface area contributed by atoms with Crippen molar-refractivity contribution in [2.24, 2.45) is 0 Å². The van der Waals surface area contributed by atoms with E-state index in [1.54, 1.807) is 19.1 Å². The van der Waals surface area contributed by atoms with Gasteiger partial charge in [-0.3, -0.25) is 0 Å². The summed E-state index contributed by atoms with van der Waals surface area (Å²) in [5.41, 5.74) is 0.299. The van der Waals surface area contributed by atoms with E-state index in [0.29, 0.717) is 6.54 Å². The van der Waals surface area contributed by atoms with Crippen LogP contribution in [0.3, 0.4) is 0 Å². The van der Waals surface area contributed by atoms with Gasteiger partial charge in [0, 0.05) is 6.54 Å². The predicted molar refractivity (Wildman–Crippen MR) is 68.5 cm³/mol. The van der Waals surface area contributed by atoms with Crippen LogP contribution in [0.4, 0.5) is 10.5 Å². The van der Waals surface area contributed by atoms with E-state index in [1.807, 2.05) is 0 Å². The van der Waals surface area contributed by atoms with Crippen molar-refractivity contribution in [3.63, 3.8) is 0 Å². The maximum Gasteiger partial charge on any atom is 0.337 e. The van der Waals surface area contributed by atoms with Crippen LogP contribution in [0.25, 0.3) is 0 Å². The van der Waals surface area contributed by atoms with Crippen LogP contribution < -0.4 is 5.32 Å². The molecule has 5 nitrogen and oxygen atoms in total. The number of amides is 2. The average molecular weight is 246 g/mol. The molecular formula is C13H14N2O3. The second kappa shape index (κ2) is 6.30. The summed E-state index contributed by atoms with van der Waals surface area (Å²) >= 11 is 0. The first-order valence-corrected chi connectivity index (χ1v) is 5.41. The first-order valence-electron chi connectivity index (χ1n) is 5.41. The van der Waals surface area contributed by atoms with Gasteiger partial charge in [0.25, 0.3) is 0 Å². The molecule has 0 atom stereocenters. The van der Waals surface area contributed by atoms with Crippen LogP contribution in [0.5, 0.6) is 0 Å². The third-order valence-electron chi connectivity index (χ3n) is 2.35. The van der Waals surface area contributed by atoms with Crippen molar-refractivity contribution in [2.45, 2.75) is 6.92 Å². The van der Waals surface area contributed by atoms with Crippen LogP contribution in [-0.2, 0) is 0 Å². The fraction of sp³-hybridized carbons (Fsp3) is 0.231. The quantitative estimate of drug-likeness (QED) is 0.797. The summed E-state index contributed by atoms with van der Waals surface area (Å²) in [4.78, 5) is 24.2. The van der Waals surface area contributed by atoms with Gasteiger partial charge in [0.15, 0.2) is 0 Å². The fourth-order valence-electron chi connectivity index (χ4n) is 1.41. The molecule has 2 amide bonds. The van der Waals surface area contributed by atoms with Gasteiger partial charge in [0.1, 0.15) is 0 Å². The van der Waals surface area contributed by atoms with Gasteiger partial charge in [-0.15, -0.1) is 6.42 Å². The molecule has 1 rings (SSSR count). The number of aromatic carboxylic acids is 1. The molecule has 5 heteroatoms. The zero-order valence-electron chi connectivity index (χ0n) is 10.0. The predicted octanol–water partition coefficient (Wildman–Crippen LogP) is 1.87. The molecule has 1 aromatic carbocycles. The van der Waals surface area contributed by atoms with Crippen LogP contribution in [-0.4, -0.2) is 35.1 Å². The number of urea groups is 1. The van der Waals surface area contributed by atoms with Crippen molar-refractivity contribution in [2.75, 3.05) is 18.4 Å². The Morgan fingerprint density at radius 1 is 1.44 bits per heavy atom. The minimum atomic E-state index is -1.09. The van der Waals surface area contributed by atoms with E-state index in [9.17, 15) is 9.59 Å². The molecule has 0 spiro atoms. The Labute approximate surface area is 105 Å². The van der Waals surface area contributed by atoms with E-state index in [-0.39, 0.29) is 17.8 Å². The van der Waals surface area contributed by atoms with Crippen LogP contribution in [0.2, 0.25) is 0 Å². The van der Waals surface area contributed by atoms with Crippen molar-refractivity contribution < 1.29 is 14.7 Å². The molecule has 0 aliphatic carbocycles. The van der Waals surface area contributed by atoms with E-state index in [1.165, 1.54) is 17.0 Å². The lowest BCUT2D eigenvalue weighted by Crippen LogP contribution is -2.35. The number of rotatable bonds is 4. The number of nitrogens with zero attached hydrogens (tertiary/aromatic N) is 1. The highest BCUT2D eigenvalue weighted by Gasteiger charge is 2.14. The highest BCUT2D eigenvalue weighted by Crippen LogP contribution is 2.15. The van der Waals surface area contributed by atoms with Gasteiger partial charge in [-0.05, 0) is 19.1 Å². The molecule has 0 unspecified atom stereocenters. The summed E-state index contributed by atoms with van der Waals surface area (Å²) in [5.74, 6) is 1.28. The molecule has 1 aromatic rings. The number of carboxylic acid groups (broad SMARTS) is 1. The van der Waals surface area contributed by atoms with Crippen molar-refractivity contribution in [3.8, 4) is 12.3 Å². The highest BCUT2D eigenvalue weighted by atomic mass is 16.4. The van der Waals surface area contributed by atoms with E-state index in [2.05, 4.69) is 11.2 Å². The number of carbonyl (C=O) groups is 2. The number of hydrogen-bond acceptors (Lipinski definition) is 2. The van der Waals surface area contributed by atoms with Crippen LogP contribution in [0.1, 0.15) is 17.3 Å². The molecule has 2 N–H and O–H groups in total. The number of para-hydroxylation sites is 1. The zero-order chi connectivity index (χ0) is 13.5. The standard InChI is InChI=1S/C13H14N2O3/c1-3-9-15(4-2)13(18)14-11-8-6-5-7-10(11)12(16)17/h1,5-8H,4,9H2,2H3,(H,14,18)(H,16,17). The molecule has 0 radical (unpaired) electrons. The van der Waals surface area contributed by atoms with Crippen molar-refractivity contribution in [1.82, 2.24) is 4.90 Å². The third-order valence-corrected chi connectivity index (χ3v) is 2.35. The second-order valence-corrected chi connectivity index (χ2v) is 3.50. The molecule has 0 aromatic heterocycles. The largest absolute Gasteiger partial charge is 0.478 e. The molecule has 0 saturated heterocycles. The lowest BCUT2D eigenvalue weighted by molar-refractivity contribution is 0.0698. The molecule has 0 bridgehead atoms. The maximum atomic E-state index is 11.8. The maximum absolute atomic E-state index is 11.8. The number of hydrogen-bond donors (Lipinski definition) is 2. The Kier molecular flexibility index (Phi) is 4.76. The lowest BCUT2D eigenvalue weighted by atomic mass is 10.2. The normalized spacial score (nSPS) is 9.33. The lowest BCUT2D eigenvalue weighted by Gasteiger charge is -2.19. The Morgan fingerprint density at radius 3 is 2.67 bits per heavy atom. The van der Waals surface area contributed by atoms with Gasteiger partial charge in [-0.2, -0.15) is 0 Å². The van der Waals surface area contributed by atoms with Gasteiger partial charge in [0.05, 0.1) is 17.8 Å². The van der Waals surface area contributed by atoms with Gasteiger partial charge in [0.2, 0.25) is 0 Å². The smallest absolute Gasteiger partial charge is 0.337 e.